The summed E-state index contributed by atoms with van der Waals surface area (Å²) in [6, 6.07) is 6.95. The van der Waals surface area contributed by atoms with E-state index >= 15 is 0 Å². The standard InChI is InChI=1S/C13H16F2N2O/c14-13(15)18-11-4-2-1-3-10(11)9-5-6-12(16)17-8-7-9/h1-4,9,13H,5-8H2,(H2,16,17). The van der Waals surface area contributed by atoms with Crippen LogP contribution in [0.2, 0.25) is 0 Å². The van der Waals surface area contributed by atoms with Crippen molar-refractivity contribution in [1.29, 1.82) is 0 Å². The van der Waals surface area contributed by atoms with Gasteiger partial charge in [-0.25, -0.2) is 0 Å². The molecular formula is C13H16F2N2O. The van der Waals surface area contributed by atoms with Crippen molar-refractivity contribution in [2.24, 2.45) is 10.7 Å². The largest absolute Gasteiger partial charge is 0.435 e. The predicted octanol–water partition coefficient (Wildman–Crippen LogP) is 2.91. The second-order valence-electron chi connectivity index (χ2n) is 4.31. The van der Waals surface area contributed by atoms with Crippen LogP contribution in [0.5, 0.6) is 5.75 Å². The topological polar surface area (TPSA) is 47.6 Å². The van der Waals surface area contributed by atoms with Gasteiger partial charge < -0.3 is 10.5 Å². The molecule has 18 heavy (non-hydrogen) atoms. The van der Waals surface area contributed by atoms with Gasteiger partial charge in [-0.15, -0.1) is 0 Å². The van der Waals surface area contributed by atoms with Crippen molar-refractivity contribution in [2.75, 3.05) is 6.54 Å². The van der Waals surface area contributed by atoms with E-state index < -0.39 is 6.61 Å². The van der Waals surface area contributed by atoms with E-state index in [1.165, 1.54) is 0 Å². The number of benzene rings is 1. The summed E-state index contributed by atoms with van der Waals surface area (Å²) in [6.45, 7) is -2.15. The van der Waals surface area contributed by atoms with Crippen LogP contribution in [-0.4, -0.2) is 19.0 Å². The Balaban J connectivity index is 2.17. The number of hydrogen-bond donors (Lipinski definition) is 1. The molecule has 2 rings (SSSR count). The molecule has 0 saturated carbocycles. The zero-order chi connectivity index (χ0) is 13.0. The van der Waals surface area contributed by atoms with Crippen molar-refractivity contribution < 1.29 is 13.5 Å². The molecule has 5 heteroatoms. The first kappa shape index (κ1) is 12.8. The molecule has 3 nitrogen and oxygen atoms in total. The number of nitrogens with zero attached hydrogens (tertiary/aromatic N) is 1. The van der Waals surface area contributed by atoms with Crippen molar-refractivity contribution in [2.45, 2.75) is 31.8 Å². The van der Waals surface area contributed by atoms with E-state index in [1.807, 2.05) is 12.1 Å². The van der Waals surface area contributed by atoms with E-state index in [1.54, 1.807) is 12.1 Å². The van der Waals surface area contributed by atoms with E-state index in [-0.39, 0.29) is 11.7 Å². The summed E-state index contributed by atoms with van der Waals surface area (Å²) in [5, 5.41) is 0. The average Bonchev–Trinajstić information content (AvgIpc) is 2.54. The molecule has 0 bridgehead atoms. The monoisotopic (exact) mass is 254 g/mol. The first-order valence-electron chi connectivity index (χ1n) is 5.99. The number of nitrogens with two attached hydrogens (primary N) is 1. The highest BCUT2D eigenvalue weighted by molar-refractivity contribution is 5.80. The molecule has 1 aliphatic rings. The summed E-state index contributed by atoms with van der Waals surface area (Å²) >= 11 is 0. The third-order valence-electron chi connectivity index (χ3n) is 3.12. The van der Waals surface area contributed by atoms with Gasteiger partial charge in [-0.3, -0.25) is 4.99 Å². The zero-order valence-electron chi connectivity index (χ0n) is 9.98. The van der Waals surface area contributed by atoms with E-state index in [4.69, 9.17) is 5.73 Å². The minimum absolute atomic E-state index is 0.171. The highest BCUT2D eigenvalue weighted by atomic mass is 19.3. The fourth-order valence-corrected chi connectivity index (χ4v) is 2.24. The minimum Gasteiger partial charge on any atom is -0.435 e. The van der Waals surface area contributed by atoms with Crippen molar-refractivity contribution in [3.8, 4) is 5.75 Å². The molecule has 0 saturated heterocycles. The number of alkyl halides is 2. The molecule has 2 N–H and O–H groups in total. The number of rotatable bonds is 3. The number of para-hydroxylation sites is 1. The second kappa shape index (κ2) is 5.80. The molecule has 0 aromatic heterocycles. The van der Waals surface area contributed by atoms with Gasteiger partial charge in [0.2, 0.25) is 0 Å². The van der Waals surface area contributed by atoms with Gasteiger partial charge in [0.15, 0.2) is 0 Å². The Morgan fingerprint density at radius 2 is 2.06 bits per heavy atom. The number of amidine groups is 1. The summed E-state index contributed by atoms with van der Waals surface area (Å²) < 4.78 is 29.3. The van der Waals surface area contributed by atoms with Crippen LogP contribution in [0.3, 0.4) is 0 Å². The molecule has 0 amide bonds. The second-order valence-corrected chi connectivity index (χ2v) is 4.31. The lowest BCUT2D eigenvalue weighted by Gasteiger charge is -2.18. The molecule has 1 unspecified atom stereocenters. The Bertz CT molecular complexity index is 435. The maximum atomic E-state index is 12.3. The van der Waals surface area contributed by atoms with Gasteiger partial charge in [0.25, 0.3) is 0 Å². The quantitative estimate of drug-likeness (QED) is 0.901. The molecule has 98 valence electrons. The molecule has 0 fully saturated rings. The van der Waals surface area contributed by atoms with Crippen LogP contribution in [0.15, 0.2) is 29.3 Å². The van der Waals surface area contributed by atoms with Crippen molar-refractivity contribution in [1.82, 2.24) is 0 Å². The lowest BCUT2D eigenvalue weighted by Crippen LogP contribution is -2.11. The summed E-state index contributed by atoms with van der Waals surface area (Å²) in [7, 11) is 0. The fraction of sp³-hybridized carbons (Fsp3) is 0.462. The van der Waals surface area contributed by atoms with Gasteiger partial charge in [-0.2, -0.15) is 8.78 Å². The van der Waals surface area contributed by atoms with E-state index in [0.717, 1.165) is 18.4 Å². The van der Waals surface area contributed by atoms with Gasteiger partial charge in [-0.1, -0.05) is 18.2 Å². The van der Waals surface area contributed by atoms with E-state index in [9.17, 15) is 8.78 Å². The third kappa shape index (κ3) is 3.18. The summed E-state index contributed by atoms with van der Waals surface area (Å²) in [6.07, 6.45) is 2.33. The van der Waals surface area contributed by atoms with Gasteiger partial charge in [0.1, 0.15) is 5.75 Å². The van der Waals surface area contributed by atoms with Gasteiger partial charge in [-0.05, 0) is 30.4 Å². The van der Waals surface area contributed by atoms with E-state index in [2.05, 4.69) is 9.73 Å². The Morgan fingerprint density at radius 3 is 2.83 bits per heavy atom. The molecule has 1 aromatic rings. The Kier molecular flexibility index (Phi) is 4.12. The van der Waals surface area contributed by atoms with Crippen LogP contribution < -0.4 is 10.5 Å². The summed E-state index contributed by atoms with van der Waals surface area (Å²) in [5.41, 5.74) is 6.51. The molecule has 0 radical (unpaired) electrons. The molecule has 0 aliphatic carbocycles. The first-order chi connectivity index (χ1) is 8.66. The number of ether oxygens (including phenoxy) is 1. The lowest BCUT2D eigenvalue weighted by atomic mass is 9.91. The minimum atomic E-state index is -2.79. The Hall–Kier alpha value is -1.65. The maximum absolute atomic E-state index is 12.3. The van der Waals surface area contributed by atoms with Crippen molar-refractivity contribution >= 4 is 5.84 Å². The van der Waals surface area contributed by atoms with Crippen molar-refractivity contribution in [3.63, 3.8) is 0 Å². The fourth-order valence-electron chi connectivity index (χ4n) is 2.24. The predicted molar refractivity (Wildman–Crippen MR) is 66.2 cm³/mol. The number of hydrogen-bond acceptors (Lipinski definition) is 3. The van der Waals surface area contributed by atoms with Crippen LogP contribution in [0.4, 0.5) is 8.78 Å². The smallest absolute Gasteiger partial charge is 0.387 e. The Labute approximate surface area is 105 Å². The molecule has 1 atom stereocenters. The number of aliphatic imine (C=N–C) groups is 1. The molecular weight excluding hydrogens is 238 g/mol. The van der Waals surface area contributed by atoms with Gasteiger partial charge in [0.05, 0.1) is 5.84 Å². The summed E-state index contributed by atoms with van der Waals surface area (Å²) in [5.74, 6) is 1.08. The Morgan fingerprint density at radius 1 is 1.28 bits per heavy atom. The van der Waals surface area contributed by atoms with Crippen LogP contribution in [-0.2, 0) is 0 Å². The van der Waals surface area contributed by atoms with Crippen LogP contribution in [0.25, 0.3) is 0 Å². The van der Waals surface area contributed by atoms with Gasteiger partial charge >= 0.3 is 6.61 Å². The lowest BCUT2D eigenvalue weighted by molar-refractivity contribution is -0.0506. The third-order valence-corrected chi connectivity index (χ3v) is 3.12. The van der Waals surface area contributed by atoms with Crippen molar-refractivity contribution in [3.05, 3.63) is 29.8 Å². The van der Waals surface area contributed by atoms with Crippen LogP contribution in [0, 0.1) is 0 Å². The zero-order valence-corrected chi connectivity index (χ0v) is 9.98. The summed E-state index contributed by atoms with van der Waals surface area (Å²) in [4.78, 5) is 4.20. The average molecular weight is 254 g/mol. The normalized spacial score (nSPS) is 20.4. The number of halogens is 2. The van der Waals surface area contributed by atoms with E-state index in [0.29, 0.717) is 18.8 Å². The highest BCUT2D eigenvalue weighted by Gasteiger charge is 2.19. The molecule has 1 aliphatic heterocycles. The maximum Gasteiger partial charge on any atom is 0.387 e. The molecule has 1 heterocycles. The van der Waals surface area contributed by atoms with Crippen LogP contribution >= 0.6 is 0 Å². The molecule has 0 spiro atoms. The first-order valence-corrected chi connectivity index (χ1v) is 5.99. The van der Waals surface area contributed by atoms with Gasteiger partial charge in [0, 0.05) is 13.0 Å². The molecule has 1 aromatic carbocycles. The SMILES string of the molecule is NC1=NCCC(c2ccccc2OC(F)F)CC1. The van der Waals surface area contributed by atoms with Crippen LogP contribution in [0.1, 0.15) is 30.7 Å². The highest BCUT2D eigenvalue weighted by Crippen LogP contribution is 2.34.